The Labute approximate surface area is 183 Å². The molecule has 1 spiro atoms. The Bertz CT molecular complexity index is 1120. The molecule has 1 heterocycles. The first-order valence-corrected chi connectivity index (χ1v) is 12.9. The molecule has 0 radical (unpaired) electrons. The molecule has 158 valence electrons. The van der Waals surface area contributed by atoms with E-state index < -0.39 is 10.0 Å². The minimum atomic E-state index is -3.19. The van der Waals surface area contributed by atoms with E-state index in [1.807, 2.05) is 12.1 Å². The number of halogens is 1. The summed E-state index contributed by atoms with van der Waals surface area (Å²) in [7, 11) is -0.971. The van der Waals surface area contributed by atoms with Gasteiger partial charge in [-0.1, -0.05) is 48.4 Å². The lowest BCUT2D eigenvalue weighted by Gasteiger charge is -2.29. The lowest BCUT2D eigenvalue weighted by molar-refractivity contribution is 0.226. The Balaban J connectivity index is 1.27. The first-order chi connectivity index (χ1) is 14.4. The van der Waals surface area contributed by atoms with E-state index >= 15 is 0 Å². The second-order valence-electron chi connectivity index (χ2n) is 9.68. The Morgan fingerprint density at radius 1 is 1.13 bits per heavy atom. The van der Waals surface area contributed by atoms with Crippen molar-refractivity contribution in [2.45, 2.75) is 61.9 Å². The summed E-state index contributed by atoms with van der Waals surface area (Å²) >= 11 is 6.26. The summed E-state index contributed by atoms with van der Waals surface area (Å²) < 4.78 is 27.7. The van der Waals surface area contributed by atoms with Crippen molar-refractivity contribution in [2.75, 3.05) is 7.05 Å². The highest BCUT2D eigenvalue weighted by Gasteiger charge is 2.84. The molecule has 0 amide bonds. The molecule has 0 bridgehead atoms. The zero-order chi connectivity index (χ0) is 20.7. The average molecular weight is 443 g/mol. The maximum atomic E-state index is 12.4. The van der Waals surface area contributed by atoms with Gasteiger partial charge in [-0.3, -0.25) is 4.90 Å². The van der Waals surface area contributed by atoms with Crippen molar-refractivity contribution in [3.8, 4) is 0 Å². The molecule has 2 aromatic rings. The number of nitrogens with zero attached hydrogens (tertiary/aromatic N) is 1. The Morgan fingerprint density at radius 2 is 1.93 bits per heavy atom. The third-order valence-electron chi connectivity index (χ3n) is 8.11. The van der Waals surface area contributed by atoms with Gasteiger partial charge in [-0.15, -0.1) is 0 Å². The predicted molar refractivity (Wildman–Crippen MR) is 119 cm³/mol. The Kier molecular flexibility index (Phi) is 4.21. The van der Waals surface area contributed by atoms with Crippen LogP contribution in [-0.4, -0.2) is 37.7 Å². The van der Waals surface area contributed by atoms with Crippen LogP contribution in [0.3, 0.4) is 0 Å². The number of hydrogen-bond donors (Lipinski definition) is 1. The van der Waals surface area contributed by atoms with Gasteiger partial charge in [0.25, 0.3) is 0 Å². The molecule has 3 fully saturated rings. The first kappa shape index (κ1) is 19.3. The molecule has 0 aromatic heterocycles. The standard InChI is InChI=1S/C24H27ClN2O2S/c1-27-22-23(27)24(22)13-17-9-8-16(14-26-30(28,29)19-6-3-7-19)11-20(17)21(24)12-15-4-2-5-18(25)10-15/h2,4-5,8-11,19,21-23,26H,3,6-7,12-14H2,1H3. The minimum Gasteiger partial charge on any atom is -0.296 e. The number of hydrogen-bond acceptors (Lipinski definition) is 3. The van der Waals surface area contributed by atoms with E-state index in [9.17, 15) is 8.42 Å². The molecule has 30 heavy (non-hydrogen) atoms. The summed E-state index contributed by atoms with van der Waals surface area (Å²) in [5.41, 5.74) is 5.56. The minimum absolute atomic E-state index is 0.195. The first-order valence-electron chi connectivity index (χ1n) is 11.0. The van der Waals surface area contributed by atoms with E-state index in [0.717, 1.165) is 42.7 Å². The lowest BCUT2D eigenvalue weighted by atomic mass is 9.81. The molecule has 3 aliphatic carbocycles. The van der Waals surface area contributed by atoms with Gasteiger partial charge >= 0.3 is 0 Å². The van der Waals surface area contributed by atoms with Crippen LogP contribution in [0.5, 0.6) is 0 Å². The highest BCUT2D eigenvalue weighted by molar-refractivity contribution is 7.90. The topological polar surface area (TPSA) is 49.2 Å². The molecule has 6 heteroatoms. The van der Waals surface area contributed by atoms with Gasteiger partial charge in [0.15, 0.2) is 0 Å². The van der Waals surface area contributed by atoms with Gasteiger partial charge in [0.1, 0.15) is 0 Å². The molecule has 1 aliphatic heterocycles. The highest BCUT2D eigenvalue weighted by Crippen LogP contribution is 2.76. The summed E-state index contributed by atoms with van der Waals surface area (Å²) in [6.07, 6.45) is 4.74. The Hall–Kier alpha value is -1.40. The summed E-state index contributed by atoms with van der Waals surface area (Å²) in [5.74, 6) is 0.473. The largest absolute Gasteiger partial charge is 0.296 e. The van der Waals surface area contributed by atoms with Crippen molar-refractivity contribution in [3.05, 3.63) is 69.7 Å². The zero-order valence-electron chi connectivity index (χ0n) is 17.1. The number of likely N-dealkylation sites (tertiary alicyclic amines) is 1. The summed E-state index contributed by atoms with van der Waals surface area (Å²) in [6.45, 7) is 0.385. The molecule has 1 saturated heterocycles. The van der Waals surface area contributed by atoms with Crippen LogP contribution in [0, 0.1) is 5.41 Å². The summed E-state index contributed by atoms with van der Waals surface area (Å²) in [4.78, 5) is 2.48. The number of rotatable bonds is 6. The predicted octanol–water partition coefficient (Wildman–Crippen LogP) is 3.88. The molecule has 2 saturated carbocycles. The normalized spacial score (nSPS) is 33.8. The molecule has 3 atom stereocenters. The van der Waals surface area contributed by atoms with Crippen molar-refractivity contribution in [1.29, 1.82) is 0 Å². The van der Waals surface area contributed by atoms with E-state index in [1.54, 1.807) is 0 Å². The van der Waals surface area contributed by atoms with E-state index in [2.05, 4.69) is 47.0 Å². The van der Waals surface area contributed by atoms with Crippen LogP contribution < -0.4 is 4.72 Å². The van der Waals surface area contributed by atoms with Crippen LogP contribution in [0.4, 0.5) is 0 Å². The quantitative estimate of drug-likeness (QED) is 0.691. The molecule has 4 nitrogen and oxygen atoms in total. The van der Waals surface area contributed by atoms with Crippen LogP contribution >= 0.6 is 11.6 Å². The van der Waals surface area contributed by atoms with Crippen LogP contribution in [0.2, 0.25) is 5.02 Å². The third kappa shape index (κ3) is 2.82. The molecule has 3 unspecified atom stereocenters. The van der Waals surface area contributed by atoms with Gasteiger partial charge in [-0.2, -0.15) is 0 Å². The third-order valence-corrected chi connectivity index (χ3v) is 10.2. The van der Waals surface area contributed by atoms with Gasteiger partial charge < -0.3 is 0 Å². The fourth-order valence-electron chi connectivity index (χ4n) is 6.22. The fourth-order valence-corrected chi connectivity index (χ4v) is 7.99. The Morgan fingerprint density at radius 3 is 2.60 bits per heavy atom. The average Bonchev–Trinajstić information content (AvgIpc) is 3.50. The van der Waals surface area contributed by atoms with Crippen LogP contribution in [0.25, 0.3) is 0 Å². The number of likely N-dealkylation sites (N-methyl/N-ethyl adjacent to an activating group) is 1. The monoisotopic (exact) mass is 442 g/mol. The maximum Gasteiger partial charge on any atom is 0.214 e. The smallest absolute Gasteiger partial charge is 0.214 e. The van der Waals surface area contributed by atoms with E-state index in [0.29, 0.717) is 30.0 Å². The second-order valence-corrected chi connectivity index (χ2v) is 12.2. The van der Waals surface area contributed by atoms with Gasteiger partial charge in [0.2, 0.25) is 10.0 Å². The summed E-state index contributed by atoms with van der Waals surface area (Å²) in [5, 5.41) is 0.594. The SMILES string of the molecule is CN1C2C1C21Cc2ccc(CNS(=O)(=O)C3CCC3)cc2C1Cc1cccc(Cl)c1. The molecule has 2 aromatic carbocycles. The summed E-state index contributed by atoms with van der Waals surface area (Å²) in [6, 6.07) is 16.2. The molecule has 1 N–H and O–H groups in total. The van der Waals surface area contributed by atoms with E-state index in [4.69, 9.17) is 11.6 Å². The van der Waals surface area contributed by atoms with Crippen molar-refractivity contribution < 1.29 is 8.42 Å². The number of sulfonamides is 1. The van der Waals surface area contributed by atoms with E-state index in [1.165, 1.54) is 16.7 Å². The zero-order valence-corrected chi connectivity index (χ0v) is 18.7. The number of fused-ring (bicyclic) bond motifs is 4. The maximum absolute atomic E-state index is 12.4. The molecular weight excluding hydrogens is 416 g/mol. The molecular formula is C24H27ClN2O2S. The fraction of sp³-hybridized carbons (Fsp3) is 0.500. The van der Waals surface area contributed by atoms with Crippen molar-refractivity contribution in [3.63, 3.8) is 0 Å². The van der Waals surface area contributed by atoms with E-state index in [-0.39, 0.29) is 5.25 Å². The van der Waals surface area contributed by atoms with Gasteiger partial charge in [-0.25, -0.2) is 13.1 Å². The molecule has 4 aliphatic rings. The van der Waals surface area contributed by atoms with Gasteiger partial charge in [-0.05, 0) is 73.0 Å². The second kappa shape index (κ2) is 6.55. The van der Waals surface area contributed by atoms with Gasteiger partial charge in [0.05, 0.1) is 5.25 Å². The molecule has 6 rings (SSSR count). The lowest BCUT2D eigenvalue weighted by Crippen LogP contribution is -2.38. The van der Waals surface area contributed by atoms with Crippen molar-refractivity contribution >= 4 is 21.6 Å². The number of benzene rings is 2. The van der Waals surface area contributed by atoms with Crippen LogP contribution in [0.15, 0.2) is 42.5 Å². The highest BCUT2D eigenvalue weighted by atomic mass is 35.5. The van der Waals surface area contributed by atoms with Crippen molar-refractivity contribution in [2.24, 2.45) is 5.41 Å². The van der Waals surface area contributed by atoms with Gasteiger partial charge in [0, 0.05) is 29.1 Å². The number of nitrogens with one attached hydrogen (secondary N) is 1. The van der Waals surface area contributed by atoms with Crippen LogP contribution in [0.1, 0.15) is 47.4 Å². The van der Waals surface area contributed by atoms with Crippen LogP contribution in [-0.2, 0) is 29.4 Å². The van der Waals surface area contributed by atoms with Crippen molar-refractivity contribution in [1.82, 2.24) is 9.62 Å².